The van der Waals surface area contributed by atoms with Crippen LogP contribution in [-0.2, 0) is 17.4 Å². The van der Waals surface area contributed by atoms with Crippen molar-refractivity contribution < 1.29 is 14.0 Å². The molecule has 0 amide bonds. The number of benzene rings is 1. The van der Waals surface area contributed by atoms with Crippen molar-refractivity contribution >= 4 is 21.9 Å². The second kappa shape index (κ2) is 9.04. The third-order valence-corrected chi connectivity index (χ3v) is 7.43. The summed E-state index contributed by atoms with van der Waals surface area (Å²) in [6.45, 7) is 2.44. The van der Waals surface area contributed by atoms with Crippen LogP contribution in [0.4, 0.5) is 0 Å². The summed E-state index contributed by atoms with van der Waals surface area (Å²) in [5.41, 5.74) is 4.05. The van der Waals surface area contributed by atoms with E-state index in [9.17, 15) is 5.11 Å². The summed E-state index contributed by atoms with van der Waals surface area (Å²) in [5, 5.41) is 19.7. The van der Waals surface area contributed by atoms with Gasteiger partial charge in [0.05, 0.1) is 39.6 Å². The minimum Gasteiger partial charge on any atom is -0.386 e. The first kappa shape index (κ1) is 20.4. The maximum Gasteiger partial charge on any atom is 0.110 e. The summed E-state index contributed by atoms with van der Waals surface area (Å²) in [6.07, 6.45) is 5.25. The molecule has 1 aliphatic rings. The average molecular weight is 500 g/mol. The Balaban J connectivity index is 1.69. The Bertz CT molecular complexity index is 1680. The van der Waals surface area contributed by atoms with E-state index < -0.39 is 12.5 Å². The summed E-state index contributed by atoms with van der Waals surface area (Å²) in [4.78, 5) is 9.51. The van der Waals surface area contributed by atoms with Crippen molar-refractivity contribution in [1.82, 2.24) is 29.5 Å². The molecule has 0 radical (unpaired) electrons. The first-order valence-corrected chi connectivity index (χ1v) is 12.6. The van der Waals surface area contributed by atoms with Gasteiger partial charge in [-0.1, -0.05) is 35.5 Å². The van der Waals surface area contributed by atoms with E-state index in [1.165, 1.54) is 4.68 Å². The van der Waals surface area contributed by atoms with Crippen LogP contribution in [0.3, 0.4) is 0 Å². The van der Waals surface area contributed by atoms with Crippen LogP contribution < -0.4 is 0 Å². The summed E-state index contributed by atoms with van der Waals surface area (Å²) < 4.78 is 33.5. The molecule has 5 heterocycles. The molecule has 1 N–H and O–H groups in total. The number of ether oxygens (including phenoxy) is 1. The molecule has 37 heavy (non-hydrogen) atoms. The second-order valence-electron chi connectivity index (χ2n) is 10.3. The standard InChI is InChI=1S/C29H32N6O2/c1-18-27(34(4)33-32-18)23-15-24-22(17-30-23)26-25(14-21(16-31-26)29(2,3)36)35(24)28(19-8-6-5-7-9-19)20-10-12-37-13-11-20/h5-9,14-17,20,28,36H,10-13H2,1-4H3/t28-/m1/s1/i1D3. The average Bonchev–Trinajstić information content (AvgIpc) is 3.47. The van der Waals surface area contributed by atoms with Crippen molar-refractivity contribution in [3.05, 3.63) is 71.7 Å². The van der Waals surface area contributed by atoms with Gasteiger partial charge in [-0.15, -0.1) is 5.10 Å². The topological polar surface area (TPSA) is 90.9 Å². The third-order valence-electron chi connectivity index (χ3n) is 7.43. The number of hydrogen-bond donors (Lipinski definition) is 1. The molecule has 0 bridgehead atoms. The minimum absolute atomic E-state index is 0.0500. The largest absolute Gasteiger partial charge is 0.386 e. The molecule has 1 fully saturated rings. The van der Waals surface area contributed by atoms with Gasteiger partial charge >= 0.3 is 0 Å². The van der Waals surface area contributed by atoms with Crippen molar-refractivity contribution in [1.29, 1.82) is 0 Å². The lowest BCUT2D eigenvalue weighted by atomic mass is 9.86. The molecule has 6 rings (SSSR count). The lowest BCUT2D eigenvalue weighted by Crippen LogP contribution is -2.27. The Labute approximate surface area is 220 Å². The van der Waals surface area contributed by atoms with Crippen LogP contribution in [-0.4, -0.2) is 47.8 Å². The number of nitrogens with zero attached hydrogens (tertiary/aromatic N) is 6. The molecule has 0 unspecified atom stereocenters. The lowest BCUT2D eigenvalue weighted by Gasteiger charge is -2.33. The molecule has 4 aromatic heterocycles. The van der Waals surface area contributed by atoms with Crippen LogP contribution in [0.5, 0.6) is 0 Å². The number of rotatable bonds is 5. The van der Waals surface area contributed by atoms with E-state index in [4.69, 9.17) is 18.8 Å². The van der Waals surface area contributed by atoms with Gasteiger partial charge in [0.2, 0.25) is 0 Å². The van der Waals surface area contributed by atoms with Crippen LogP contribution in [0.15, 0.2) is 54.9 Å². The maximum absolute atomic E-state index is 10.9. The fourth-order valence-electron chi connectivity index (χ4n) is 5.52. The molecule has 0 spiro atoms. The normalized spacial score (nSPS) is 17.6. The van der Waals surface area contributed by atoms with Crippen LogP contribution in [0.2, 0.25) is 0 Å². The zero-order valence-corrected chi connectivity index (χ0v) is 21.2. The van der Waals surface area contributed by atoms with Crippen LogP contribution in [0, 0.1) is 12.8 Å². The van der Waals surface area contributed by atoms with E-state index in [2.05, 4.69) is 27.0 Å². The molecular formula is C29H32N6O2. The van der Waals surface area contributed by atoms with Crippen molar-refractivity contribution in [3.8, 4) is 11.4 Å². The first-order chi connectivity index (χ1) is 19.0. The molecule has 190 valence electrons. The zero-order chi connectivity index (χ0) is 28.2. The Hall–Kier alpha value is -3.62. The summed E-state index contributed by atoms with van der Waals surface area (Å²) in [7, 11) is 1.67. The molecule has 0 aliphatic carbocycles. The van der Waals surface area contributed by atoms with Gasteiger partial charge in [0.15, 0.2) is 0 Å². The van der Waals surface area contributed by atoms with E-state index in [0.29, 0.717) is 30.2 Å². The fraction of sp³-hybridized carbons (Fsp3) is 0.379. The number of aryl methyl sites for hydroxylation is 2. The minimum atomic E-state index is -2.44. The van der Waals surface area contributed by atoms with Crippen molar-refractivity contribution in [2.75, 3.05) is 13.2 Å². The molecule has 8 heteroatoms. The van der Waals surface area contributed by atoms with Crippen LogP contribution in [0.1, 0.15) is 53.7 Å². The Morgan fingerprint density at radius 1 is 1.08 bits per heavy atom. The van der Waals surface area contributed by atoms with Crippen molar-refractivity contribution in [2.24, 2.45) is 13.0 Å². The molecule has 0 saturated carbocycles. The van der Waals surface area contributed by atoms with E-state index in [0.717, 1.165) is 40.3 Å². The van der Waals surface area contributed by atoms with Crippen molar-refractivity contribution in [3.63, 3.8) is 0 Å². The summed E-state index contributed by atoms with van der Waals surface area (Å²) >= 11 is 0. The monoisotopic (exact) mass is 499 g/mol. The number of fused-ring (bicyclic) bond motifs is 3. The smallest absolute Gasteiger partial charge is 0.110 e. The van der Waals surface area contributed by atoms with Crippen molar-refractivity contribution in [2.45, 2.75) is 45.2 Å². The van der Waals surface area contributed by atoms with E-state index in [1.807, 2.05) is 30.3 Å². The molecule has 5 aromatic rings. The molecule has 1 saturated heterocycles. The molecule has 1 atom stereocenters. The lowest BCUT2D eigenvalue weighted by molar-refractivity contribution is 0.0552. The number of hydrogen-bond acceptors (Lipinski definition) is 6. The van der Waals surface area contributed by atoms with Gasteiger partial charge < -0.3 is 14.4 Å². The highest BCUT2D eigenvalue weighted by atomic mass is 16.5. The van der Waals surface area contributed by atoms with Gasteiger partial charge in [-0.05, 0) is 57.2 Å². The SMILES string of the molecule is [2H]C([2H])([2H])c1nnn(C)c1-c1cc2c(cn1)c1ncc(C(C)(C)O)cc1n2[C@H](c1ccccc1)C1CCOCC1. The summed E-state index contributed by atoms with van der Waals surface area (Å²) in [5.74, 6) is 0.286. The second-order valence-corrected chi connectivity index (χ2v) is 10.3. The zero-order valence-electron chi connectivity index (χ0n) is 24.2. The Morgan fingerprint density at radius 3 is 2.59 bits per heavy atom. The highest BCUT2D eigenvalue weighted by molar-refractivity contribution is 6.06. The predicted molar refractivity (Wildman–Crippen MR) is 143 cm³/mol. The van der Waals surface area contributed by atoms with Crippen LogP contribution >= 0.6 is 0 Å². The Morgan fingerprint density at radius 2 is 1.86 bits per heavy atom. The van der Waals surface area contributed by atoms with Crippen LogP contribution in [0.25, 0.3) is 33.3 Å². The van der Waals surface area contributed by atoms with E-state index in [-0.39, 0.29) is 17.7 Å². The summed E-state index contributed by atoms with van der Waals surface area (Å²) in [6, 6.07) is 14.3. The van der Waals surface area contributed by atoms with Gasteiger partial charge in [-0.3, -0.25) is 9.97 Å². The quantitative estimate of drug-likeness (QED) is 0.369. The van der Waals surface area contributed by atoms with Gasteiger partial charge in [0, 0.05) is 47.7 Å². The fourth-order valence-corrected chi connectivity index (χ4v) is 5.52. The van der Waals surface area contributed by atoms with Gasteiger partial charge in [-0.25, -0.2) is 4.68 Å². The molecule has 1 aliphatic heterocycles. The number of pyridine rings is 2. The Kier molecular flexibility index (Phi) is 5.00. The number of aromatic nitrogens is 6. The van der Waals surface area contributed by atoms with Gasteiger partial charge in [-0.2, -0.15) is 0 Å². The highest BCUT2D eigenvalue weighted by Gasteiger charge is 2.31. The predicted octanol–water partition coefficient (Wildman–Crippen LogP) is 4.93. The first-order valence-electron chi connectivity index (χ1n) is 14.1. The van der Waals surface area contributed by atoms with E-state index in [1.54, 1.807) is 33.3 Å². The molecule has 8 nitrogen and oxygen atoms in total. The third kappa shape index (κ3) is 4.10. The maximum atomic E-state index is 10.9. The highest BCUT2D eigenvalue weighted by Crippen LogP contribution is 2.41. The van der Waals surface area contributed by atoms with Gasteiger partial charge in [0.1, 0.15) is 5.69 Å². The number of aliphatic hydroxyl groups is 1. The molecular weight excluding hydrogens is 464 g/mol. The molecule has 1 aromatic carbocycles. The van der Waals surface area contributed by atoms with Gasteiger partial charge in [0.25, 0.3) is 0 Å². The van der Waals surface area contributed by atoms with E-state index >= 15 is 0 Å².